The summed E-state index contributed by atoms with van der Waals surface area (Å²) in [5, 5.41) is 7.54. The maximum Gasteiger partial charge on any atom is 0.0524 e. The van der Waals surface area contributed by atoms with Crippen LogP contribution < -0.4 is 5.32 Å². The van der Waals surface area contributed by atoms with Gasteiger partial charge in [0.05, 0.1) is 6.20 Å². The molecule has 3 nitrogen and oxygen atoms in total. The Balaban J connectivity index is 2.09. The average molecular weight is 193 g/mol. The maximum atomic E-state index is 4.25. The van der Waals surface area contributed by atoms with Crippen molar-refractivity contribution in [2.75, 3.05) is 13.6 Å². The normalized spacial score (nSPS) is 27.0. The Labute approximate surface area is 85.5 Å². The van der Waals surface area contributed by atoms with Gasteiger partial charge in [-0.2, -0.15) is 5.10 Å². The van der Waals surface area contributed by atoms with Crippen LogP contribution in [0.5, 0.6) is 0 Å². The number of aryl methyl sites for hydroxylation is 1. The minimum Gasteiger partial charge on any atom is -0.319 e. The van der Waals surface area contributed by atoms with Crippen LogP contribution in [0.25, 0.3) is 0 Å². The van der Waals surface area contributed by atoms with E-state index in [2.05, 4.69) is 16.6 Å². The molecule has 1 aliphatic rings. The van der Waals surface area contributed by atoms with Crippen LogP contribution in [0.4, 0.5) is 0 Å². The van der Waals surface area contributed by atoms with Crippen LogP contribution in [0, 0.1) is 5.92 Å². The second-order valence-corrected chi connectivity index (χ2v) is 4.30. The second-order valence-electron chi connectivity index (χ2n) is 4.30. The minimum atomic E-state index is 0.733. The van der Waals surface area contributed by atoms with Gasteiger partial charge in [0.15, 0.2) is 0 Å². The molecule has 3 heteroatoms. The zero-order valence-corrected chi connectivity index (χ0v) is 9.03. The number of hydrogen-bond acceptors (Lipinski definition) is 2. The SMILES string of the molecule is CNCC1CCCC1c1cnn(C)c1. The van der Waals surface area contributed by atoms with Crippen LogP contribution >= 0.6 is 0 Å². The highest BCUT2D eigenvalue weighted by Crippen LogP contribution is 2.38. The van der Waals surface area contributed by atoms with E-state index in [-0.39, 0.29) is 0 Å². The van der Waals surface area contributed by atoms with Gasteiger partial charge in [-0.15, -0.1) is 0 Å². The highest BCUT2D eigenvalue weighted by molar-refractivity contribution is 5.14. The molecule has 0 spiro atoms. The van der Waals surface area contributed by atoms with E-state index in [0.29, 0.717) is 0 Å². The third kappa shape index (κ3) is 1.82. The van der Waals surface area contributed by atoms with E-state index in [1.54, 1.807) is 0 Å². The van der Waals surface area contributed by atoms with Gasteiger partial charge < -0.3 is 5.32 Å². The van der Waals surface area contributed by atoms with E-state index in [1.165, 1.54) is 24.8 Å². The first-order valence-corrected chi connectivity index (χ1v) is 5.44. The van der Waals surface area contributed by atoms with Crippen molar-refractivity contribution in [1.29, 1.82) is 0 Å². The number of rotatable bonds is 3. The Morgan fingerprint density at radius 1 is 1.57 bits per heavy atom. The summed E-state index contributed by atoms with van der Waals surface area (Å²) < 4.78 is 1.91. The lowest BCUT2D eigenvalue weighted by molar-refractivity contribution is 0.462. The molecule has 1 N–H and O–H groups in total. The molecule has 1 heterocycles. The van der Waals surface area contributed by atoms with Gasteiger partial charge in [0.25, 0.3) is 0 Å². The molecular weight excluding hydrogens is 174 g/mol. The minimum absolute atomic E-state index is 0.733. The van der Waals surface area contributed by atoms with Crippen molar-refractivity contribution in [3.63, 3.8) is 0 Å². The fraction of sp³-hybridized carbons (Fsp3) is 0.727. The molecule has 1 aromatic rings. The molecule has 0 bridgehead atoms. The fourth-order valence-corrected chi connectivity index (χ4v) is 2.61. The van der Waals surface area contributed by atoms with Crippen molar-refractivity contribution in [3.05, 3.63) is 18.0 Å². The third-order valence-corrected chi connectivity index (χ3v) is 3.28. The molecule has 0 radical (unpaired) electrons. The van der Waals surface area contributed by atoms with Gasteiger partial charge in [-0.3, -0.25) is 4.68 Å². The molecule has 0 amide bonds. The lowest BCUT2D eigenvalue weighted by Gasteiger charge is -2.17. The van der Waals surface area contributed by atoms with Crippen LogP contribution in [0.15, 0.2) is 12.4 Å². The standard InChI is InChI=1S/C11H19N3/c1-12-6-9-4-3-5-11(9)10-7-13-14(2)8-10/h7-9,11-12H,3-6H2,1-2H3. The Kier molecular flexibility index (Phi) is 2.87. The van der Waals surface area contributed by atoms with Crippen molar-refractivity contribution in [2.24, 2.45) is 13.0 Å². The van der Waals surface area contributed by atoms with Gasteiger partial charge in [-0.1, -0.05) is 6.42 Å². The number of nitrogens with zero attached hydrogens (tertiary/aromatic N) is 2. The number of aromatic nitrogens is 2. The summed E-state index contributed by atoms with van der Waals surface area (Å²) in [6.07, 6.45) is 8.25. The third-order valence-electron chi connectivity index (χ3n) is 3.28. The summed E-state index contributed by atoms with van der Waals surface area (Å²) in [6.45, 7) is 1.14. The predicted molar refractivity (Wildman–Crippen MR) is 57.2 cm³/mol. The van der Waals surface area contributed by atoms with Gasteiger partial charge >= 0.3 is 0 Å². The predicted octanol–water partition coefficient (Wildman–Crippen LogP) is 1.52. The lowest BCUT2D eigenvalue weighted by atomic mass is 9.91. The van der Waals surface area contributed by atoms with Crippen LogP contribution in [-0.4, -0.2) is 23.4 Å². The highest BCUT2D eigenvalue weighted by Gasteiger charge is 2.28. The largest absolute Gasteiger partial charge is 0.319 e. The number of hydrogen-bond donors (Lipinski definition) is 1. The molecular formula is C11H19N3. The maximum absolute atomic E-state index is 4.25. The zero-order valence-electron chi connectivity index (χ0n) is 9.03. The van der Waals surface area contributed by atoms with Gasteiger partial charge in [0, 0.05) is 13.2 Å². The molecule has 0 aromatic carbocycles. The van der Waals surface area contributed by atoms with E-state index < -0.39 is 0 Å². The molecule has 1 aliphatic carbocycles. The van der Waals surface area contributed by atoms with Gasteiger partial charge in [-0.05, 0) is 43.8 Å². The van der Waals surface area contributed by atoms with Crippen molar-refractivity contribution < 1.29 is 0 Å². The second kappa shape index (κ2) is 4.13. The number of nitrogens with one attached hydrogen (secondary N) is 1. The summed E-state index contributed by atoms with van der Waals surface area (Å²) in [5.41, 5.74) is 1.42. The van der Waals surface area contributed by atoms with E-state index >= 15 is 0 Å². The Morgan fingerprint density at radius 3 is 3.07 bits per heavy atom. The smallest absolute Gasteiger partial charge is 0.0524 e. The summed E-state index contributed by atoms with van der Waals surface area (Å²) in [4.78, 5) is 0. The lowest BCUT2D eigenvalue weighted by Crippen LogP contribution is -2.20. The van der Waals surface area contributed by atoms with E-state index in [9.17, 15) is 0 Å². The monoisotopic (exact) mass is 193 g/mol. The first-order chi connectivity index (χ1) is 6.81. The first-order valence-electron chi connectivity index (χ1n) is 5.44. The fourth-order valence-electron chi connectivity index (χ4n) is 2.61. The Hall–Kier alpha value is -0.830. The molecule has 1 saturated carbocycles. The summed E-state index contributed by atoms with van der Waals surface area (Å²) in [7, 11) is 4.03. The Bertz CT molecular complexity index is 292. The van der Waals surface area contributed by atoms with Crippen molar-refractivity contribution in [1.82, 2.24) is 15.1 Å². The molecule has 14 heavy (non-hydrogen) atoms. The van der Waals surface area contributed by atoms with E-state index in [0.717, 1.165) is 18.4 Å². The van der Waals surface area contributed by atoms with Crippen molar-refractivity contribution >= 4 is 0 Å². The topological polar surface area (TPSA) is 29.9 Å². The van der Waals surface area contributed by atoms with Gasteiger partial charge in [-0.25, -0.2) is 0 Å². The molecule has 0 saturated heterocycles. The van der Waals surface area contributed by atoms with Crippen molar-refractivity contribution in [3.8, 4) is 0 Å². The van der Waals surface area contributed by atoms with E-state index in [1.807, 2.05) is 25.0 Å². The van der Waals surface area contributed by atoms with Crippen LogP contribution in [0.2, 0.25) is 0 Å². The summed E-state index contributed by atoms with van der Waals surface area (Å²) in [5.74, 6) is 1.54. The average Bonchev–Trinajstić information content (AvgIpc) is 2.74. The van der Waals surface area contributed by atoms with Crippen LogP contribution in [-0.2, 0) is 7.05 Å². The summed E-state index contributed by atoms with van der Waals surface area (Å²) >= 11 is 0. The van der Waals surface area contributed by atoms with Gasteiger partial charge in [0.2, 0.25) is 0 Å². The Morgan fingerprint density at radius 2 is 2.43 bits per heavy atom. The quantitative estimate of drug-likeness (QED) is 0.789. The van der Waals surface area contributed by atoms with E-state index in [4.69, 9.17) is 0 Å². The summed E-state index contributed by atoms with van der Waals surface area (Å²) in [6, 6.07) is 0. The molecule has 1 aromatic heterocycles. The molecule has 78 valence electrons. The first kappa shape index (κ1) is 9.71. The molecule has 2 atom stereocenters. The van der Waals surface area contributed by atoms with Crippen LogP contribution in [0.3, 0.4) is 0 Å². The highest BCUT2D eigenvalue weighted by atomic mass is 15.2. The zero-order chi connectivity index (χ0) is 9.97. The van der Waals surface area contributed by atoms with Crippen LogP contribution in [0.1, 0.15) is 30.7 Å². The molecule has 1 fully saturated rings. The molecule has 2 unspecified atom stereocenters. The molecule has 0 aliphatic heterocycles. The van der Waals surface area contributed by atoms with Gasteiger partial charge in [0.1, 0.15) is 0 Å². The molecule has 2 rings (SSSR count). The van der Waals surface area contributed by atoms with Crippen molar-refractivity contribution in [2.45, 2.75) is 25.2 Å².